The molecule has 1 atom stereocenters. The minimum absolute atomic E-state index is 0.179. The maximum absolute atomic E-state index is 13.3. The molecule has 0 saturated carbocycles. The Bertz CT molecular complexity index is 1530. The van der Waals surface area contributed by atoms with E-state index in [1.54, 1.807) is 42.3 Å². The average Bonchev–Trinajstić information content (AvgIpc) is 2.88. The molecular formula is C27H26N4O3S. The third-order valence-corrected chi connectivity index (χ3v) is 6.43. The predicted molar refractivity (Wildman–Crippen MR) is 140 cm³/mol. The third-order valence-electron chi connectivity index (χ3n) is 6.11. The van der Waals surface area contributed by atoms with Crippen LogP contribution in [0.4, 0.5) is 5.69 Å². The number of amides is 2. The Balaban J connectivity index is 1.56. The van der Waals surface area contributed by atoms with E-state index in [1.807, 2.05) is 56.3 Å². The van der Waals surface area contributed by atoms with Crippen LogP contribution in [0.25, 0.3) is 10.9 Å². The predicted octanol–water partition coefficient (Wildman–Crippen LogP) is 5.16. The Morgan fingerprint density at radius 1 is 1.03 bits per heavy atom. The van der Waals surface area contributed by atoms with Crippen molar-refractivity contribution in [2.75, 3.05) is 12.4 Å². The molecule has 35 heavy (non-hydrogen) atoms. The summed E-state index contributed by atoms with van der Waals surface area (Å²) in [5.74, 6) is -0.396. The van der Waals surface area contributed by atoms with Gasteiger partial charge in [0.05, 0.1) is 16.9 Å². The molecule has 0 aliphatic rings. The fraction of sp³-hybridized carbons (Fsp3) is 0.185. The van der Waals surface area contributed by atoms with Crippen molar-refractivity contribution in [3.05, 3.63) is 105 Å². The van der Waals surface area contributed by atoms with Gasteiger partial charge in [-0.1, -0.05) is 30.3 Å². The number of nitrogens with one attached hydrogen (secondary N) is 2. The van der Waals surface area contributed by atoms with Gasteiger partial charge < -0.3 is 15.2 Å². The molecule has 0 aliphatic heterocycles. The van der Waals surface area contributed by atoms with E-state index in [0.29, 0.717) is 39.0 Å². The monoisotopic (exact) mass is 486 g/mol. The van der Waals surface area contributed by atoms with E-state index < -0.39 is 0 Å². The van der Waals surface area contributed by atoms with E-state index in [0.717, 1.165) is 5.56 Å². The first-order valence-corrected chi connectivity index (χ1v) is 11.7. The number of aromatic nitrogens is 2. The number of hydrogen-bond acceptors (Lipinski definition) is 4. The number of hydrogen-bond donors (Lipinski definition) is 2. The summed E-state index contributed by atoms with van der Waals surface area (Å²) in [4.78, 5) is 43.1. The lowest BCUT2D eigenvalue weighted by Crippen LogP contribution is -2.30. The van der Waals surface area contributed by atoms with Gasteiger partial charge in [0, 0.05) is 30.4 Å². The van der Waals surface area contributed by atoms with Gasteiger partial charge in [0.25, 0.3) is 17.4 Å². The first-order valence-electron chi connectivity index (χ1n) is 11.3. The summed E-state index contributed by atoms with van der Waals surface area (Å²) in [5, 5.41) is 3.39. The topological polar surface area (TPSA) is 87.2 Å². The summed E-state index contributed by atoms with van der Waals surface area (Å²) in [6, 6.07) is 21.1. The Morgan fingerprint density at radius 3 is 2.49 bits per heavy atom. The van der Waals surface area contributed by atoms with Crippen LogP contribution in [0.3, 0.4) is 0 Å². The second kappa shape index (κ2) is 10.1. The zero-order chi connectivity index (χ0) is 25.1. The van der Waals surface area contributed by atoms with E-state index in [2.05, 4.69) is 10.3 Å². The van der Waals surface area contributed by atoms with Crippen LogP contribution in [0, 0.1) is 4.77 Å². The van der Waals surface area contributed by atoms with Gasteiger partial charge in [-0.3, -0.25) is 19.0 Å². The number of benzene rings is 3. The normalized spacial score (nSPS) is 11.7. The molecule has 1 heterocycles. The number of anilines is 1. The van der Waals surface area contributed by atoms with E-state index in [-0.39, 0.29) is 23.4 Å². The molecular weight excluding hydrogens is 460 g/mol. The fourth-order valence-electron chi connectivity index (χ4n) is 3.95. The van der Waals surface area contributed by atoms with Gasteiger partial charge in [-0.05, 0) is 74.1 Å². The highest BCUT2D eigenvalue weighted by Gasteiger charge is 2.20. The molecule has 2 N–H and O–H groups in total. The van der Waals surface area contributed by atoms with Gasteiger partial charge in [0.1, 0.15) is 0 Å². The largest absolute Gasteiger partial charge is 0.335 e. The van der Waals surface area contributed by atoms with E-state index >= 15 is 0 Å². The maximum Gasteiger partial charge on any atom is 0.262 e. The van der Waals surface area contributed by atoms with Crippen LogP contribution in [-0.4, -0.2) is 33.3 Å². The van der Waals surface area contributed by atoms with E-state index in [1.165, 1.54) is 4.57 Å². The Kier molecular flexibility index (Phi) is 6.93. The van der Waals surface area contributed by atoms with Crippen LogP contribution in [0.2, 0.25) is 0 Å². The lowest BCUT2D eigenvalue weighted by atomic mass is 10.0. The summed E-state index contributed by atoms with van der Waals surface area (Å²) in [6.45, 7) is 4.24. The first-order chi connectivity index (χ1) is 16.8. The standard InChI is InChI=1S/C27H26N4O3S/c1-4-31-26(34)22-14-13-20(16-23(22)29-27(31)35)25(33)30(3)17(2)19-11-8-12-21(15-19)28-24(32)18-9-6-5-7-10-18/h5-17H,4H2,1-3H3,(H,28,32)(H,29,35). The second-order valence-corrected chi connectivity index (χ2v) is 8.66. The zero-order valence-electron chi connectivity index (χ0n) is 19.7. The molecule has 0 spiro atoms. The van der Waals surface area contributed by atoms with Gasteiger partial charge in [-0.2, -0.15) is 0 Å². The molecule has 1 aromatic heterocycles. The summed E-state index contributed by atoms with van der Waals surface area (Å²) in [5.41, 5.74) is 2.88. The number of H-pyrrole nitrogens is 1. The molecule has 3 aromatic carbocycles. The molecule has 0 radical (unpaired) electrons. The number of carbonyl (C=O) groups is 2. The number of rotatable bonds is 6. The smallest absolute Gasteiger partial charge is 0.262 e. The Morgan fingerprint density at radius 2 is 1.77 bits per heavy atom. The van der Waals surface area contributed by atoms with Gasteiger partial charge in [0.15, 0.2) is 4.77 Å². The van der Waals surface area contributed by atoms with Crippen molar-refractivity contribution in [2.45, 2.75) is 26.4 Å². The number of nitrogens with zero attached hydrogens (tertiary/aromatic N) is 2. The van der Waals surface area contributed by atoms with Crippen molar-refractivity contribution < 1.29 is 9.59 Å². The molecule has 178 valence electrons. The number of fused-ring (bicyclic) bond motifs is 1. The number of aromatic amines is 1. The van der Waals surface area contributed by atoms with Crippen molar-refractivity contribution in [1.82, 2.24) is 14.5 Å². The lowest BCUT2D eigenvalue weighted by Gasteiger charge is -2.26. The highest BCUT2D eigenvalue weighted by atomic mass is 32.1. The Hall–Kier alpha value is -4.04. The quantitative estimate of drug-likeness (QED) is 0.368. The van der Waals surface area contributed by atoms with Crippen LogP contribution in [0.15, 0.2) is 77.6 Å². The molecule has 8 heteroatoms. The van der Waals surface area contributed by atoms with Crippen LogP contribution < -0.4 is 10.9 Å². The van der Waals surface area contributed by atoms with Crippen LogP contribution in [0.5, 0.6) is 0 Å². The first kappa shape index (κ1) is 24.1. The van der Waals surface area contributed by atoms with Gasteiger partial charge in [-0.15, -0.1) is 0 Å². The van der Waals surface area contributed by atoms with Crippen LogP contribution in [0.1, 0.15) is 46.2 Å². The van der Waals surface area contributed by atoms with Crippen molar-refractivity contribution >= 4 is 40.6 Å². The molecule has 4 rings (SSSR count). The molecule has 0 bridgehead atoms. The summed E-state index contributed by atoms with van der Waals surface area (Å²) in [7, 11) is 1.73. The summed E-state index contributed by atoms with van der Waals surface area (Å²) >= 11 is 5.29. The van der Waals surface area contributed by atoms with Gasteiger partial charge >= 0.3 is 0 Å². The Labute approximate surface area is 208 Å². The lowest BCUT2D eigenvalue weighted by molar-refractivity contribution is 0.0742. The molecule has 4 aromatic rings. The molecule has 0 aliphatic carbocycles. The number of carbonyl (C=O) groups excluding carboxylic acids is 2. The molecule has 2 amide bonds. The highest BCUT2D eigenvalue weighted by Crippen LogP contribution is 2.24. The van der Waals surface area contributed by atoms with Crippen molar-refractivity contribution in [2.24, 2.45) is 0 Å². The molecule has 7 nitrogen and oxygen atoms in total. The highest BCUT2D eigenvalue weighted by molar-refractivity contribution is 7.71. The van der Waals surface area contributed by atoms with Crippen LogP contribution in [-0.2, 0) is 6.54 Å². The van der Waals surface area contributed by atoms with E-state index in [9.17, 15) is 14.4 Å². The summed E-state index contributed by atoms with van der Waals surface area (Å²) in [6.07, 6.45) is 0. The molecule has 0 fully saturated rings. The summed E-state index contributed by atoms with van der Waals surface area (Å²) < 4.78 is 1.81. The molecule has 1 unspecified atom stereocenters. The zero-order valence-corrected chi connectivity index (χ0v) is 20.6. The maximum atomic E-state index is 13.3. The minimum atomic E-state index is -0.265. The van der Waals surface area contributed by atoms with E-state index in [4.69, 9.17) is 12.2 Å². The average molecular weight is 487 g/mol. The van der Waals surface area contributed by atoms with Crippen molar-refractivity contribution in [3.63, 3.8) is 0 Å². The minimum Gasteiger partial charge on any atom is -0.335 e. The second-order valence-electron chi connectivity index (χ2n) is 8.28. The van der Waals surface area contributed by atoms with Gasteiger partial charge in [-0.25, -0.2) is 0 Å². The van der Waals surface area contributed by atoms with Crippen LogP contribution >= 0.6 is 12.2 Å². The van der Waals surface area contributed by atoms with Crippen molar-refractivity contribution in [3.8, 4) is 0 Å². The third kappa shape index (κ3) is 4.93. The SMILES string of the molecule is CCn1c(=S)[nH]c2cc(C(=O)N(C)C(C)c3cccc(NC(=O)c4ccccc4)c3)ccc2c1=O. The molecule has 0 saturated heterocycles. The van der Waals surface area contributed by atoms with Gasteiger partial charge in [0.2, 0.25) is 0 Å². The fourth-order valence-corrected chi connectivity index (χ4v) is 4.27. The van der Waals surface area contributed by atoms with Crippen molar-refractivity contribution in [1.29, 1.82) is 0 Å².